The van der Waals surface area contributed by atoms with Crippen molar-refractivity contribution in [1.82, 2.24) is 5.32 Å². The number of nitro groups is 1. The zero-order chi connectivity index (χ0) is 19.4. The second kappa shape index (κ2) is 7.77. The Morgan fingerprint density at radius 1 is 1.40 bits per heavy atom. The number of carbonyl (C=O) groups excluding carboxylic acids is 1. The first-order valence-corrected chi connectivity index (χ1v) is 7.31. The minimum atomic E-state index is -1.43. The molecule has 0 saturated carbocycles. The van der Waals surface area contributed by atoms with Crippen molar-refractivity contribution in [2.45, 2.75) is 39.3 Å². The number of nitrogens with one attached hydrogen (secondary N) is 2. The van der Waals surface area contributed by atoms with Crippen LogP contribution in [-0.2, 0) is 9.53 Å². The van der Waals surface area contributed by atoms with Crippen molar-refractivity contribution in [3.63, 3.8) is 0 Å². The zero-order valence-corrected chi connectivity index (χ0v) is 14.3. The Bertz CT molecular complexity index is 687. The molecule has 25 heavy (non-hydrogen) atoms. The Labute approximate surface area is 143 Å². The van der Waals surface area contributed by atoms with Gasteiger partial charge < -0.3 is 20.5 Å². The van der Waals surface area contributed by atoms with E-state index < -0.39 is 46.7 Å². The number of carboxylic acids is 1. The Morgan fingerprint density at radius 3 is 2.48 bits per heavy atom. The molecule has 0 unspecified atom stereocenters. The number of anilines is 1. The molecule has 9 nitrogen and oxygen atoms in total. The minimum Gasteiger partial charge on any atom is -0.480 e. The zero-order valence-electron chi connectivity index (χ0n) is 14.3. The molecule has 3 N–H and O–H groups in total. The summed E-state index contributed by atoms with van der Waals surface area (Å²) in [4.78, 5) is 33.0. The maximum Gasteiger partial charge on any atom is 0.408 e. The summed E-state index contributed by atoms with van der Waals surface area (Å²) in [6, 6.07) is 0.878. The van der Waals surface area contributed by atoms with Gasteiger partial charge in [-0.2, -0.15) is 4.39 Å². The van der Waals surface area contributed by atoms with Crippen LogP contribution >= 0.6 is 0 Å². The van der Waals surface area contributed by atoms with Gasteiger partial charge in [-0.1, -0.05) is 0 Å². The summed E-state index contributed by atoms with van der Waals surface area (Å²) in [5.74, 6) is -2.42. The van der Waals surface area contributed by atoms with Crippen molar-refractivity contribution < 1.29 is 28.7 Å². The molecule has 0 aliphatic heterocycles. The number of hydrogen-bond donors (Lipinski definition) is 3. The maximum atomic E-state index is 13.8. The third kappa shape index (κ3) is 6.24. The Morgan fingerprint density at radius 2 is 2.00 bits per heavy atom. The third-order valence-corrected chi connectivity index (χ3v) is 2.88. The summed E-state index contributed by atoms with van der Waals surface area (Å²) in [5, 5.41) is 24.8. The van der Waals surface area contributed by atoms with Crippen LogP contribution in [0.5, 0.6) is 0 Å². The molecular weight excluding hydrogens is 337 g/mol. The Hall–Kier alpha value is -2.91. The van der Waals surface area contributed by atoms with Gasteiger partial charge in [0.15, 0.2) is 0 Å². The summed E-state index contributed by atoms with van der Waals surface area (Å²) in [5.41, 5.74) is -1.39. The third-order valence-electron chi connectivity index (χ3n) is 2.88. The lowest BCUT2D eigenvalue weighted by atomic mass is 10.1. The molecule has 1 aromatic rings. The van der Waals surface area contributed by atoms with Gasteiger partial charge in [0.2, 0.25) is 5.82 Å². The van der Waals surface area contributed by atoms with E-state index in [1.807, 2.05) is 0 Å². The quantitative estimate of drug-likeness (QED) is 0.526. The van der Waals surface area contributed by atoms with Crippen LogP contribution in [0.4, 0.5) is 20.6 Å². The topological polar surface area (TPSA) is 131 Å². The van der Waals surface area contributed by atoms with Gasteiger partial charge in [-0.3, -0.25) is 10.1 Å². The molecule has 0 radical (unpaired) electrons. The molecular formula is C15H20FN3O6. The largest absolute Gasteiger partial charge is 0.480 e. The van der Waals surface area contributed by atoms with Gasteiger partial charge in [0.25, 0.3) is 0 Å². The number of amides is 1. The van der Waals surface area contributed by atoms with E-state index in [0.717, 1.165) is 6.07 Å². The average Bonchev–Trinajstić information content (AvgIpc) is 2.39. The number of aliphatic carboxylic acids is 1. The van der Waals surface area contributed by atoms with Gasteiger partial charge >= 0.3 is 17.7 Å². The summed E-state index contributed by atoms with van der Waals surface area (Å²) in [6.07, 6.45) is -0.952. The van der Waals surface area contributed by atoms with Crippen LogP contribution in [0.25, 0.3) is 0 Å². The van der Waals surface area contributed by atoms with Crippen LogP contribution in [0.2, 0.25) is 0 Å². The fourth-order valence-electron chi connectivity index (χ4n) is 1.92. The highest BCUT2D eigenvalue weighted by Gasteiger charge is 2.26. The predicted octanol–water partition coefficient (Wildman–Crippen LogP) is 2.43. The van der Waals surface area contributed by atoms with Gasteiger partial charge in [-0.15, -0.1) is 0 Å². The SMILES string of the molecule is Cc1cc(F)c([N+](=O)[O-])c(NC[C@H](NC(=O)OC(C)(C)C)C(=O)O)c1. The molecule has 0 aromatic heterocycles. The highest BCUT2D eigenvalue weighted by atomic mass is 19.1. The minimum absolute atomic E-state index is 0.181. The van der Waals surface area contributed by atoms with E-state index in [0.29, 0.717) is 5.56 Å². The summed E-state index contributed by atoms with van der Waals surface area (Å²) in [6.45, 7) is 5.96. The molecule has 1 amide bonds. The summed E-state index contributed by atoms with van der Waals surface area (Å²) < 4.78 is 18.7. The van der Waals surface area contributed by atoms with Crippen LogP contribution in [0.1, 0.15) is 26.3 Å². The van der Waals surface area contributed by atoms with Gasteiger partial charge in [-0.05, 0) is 45.4 Å². The van der Waals surface area contributed by atoms with Crippen LogP contribution < -0.4 is 10.6 Å². The molecule has 0 bridgehead atoms. The number of carboxylic acid groups (broad SMARTS) is 1. The van der Waals surface area contributed by atoms with Crippen molar-refractivity contribution in [2.75, 3.05) is 11.9 Å². The van der Waals surface area contributed by atoms with E-state index in [9.17, 15) is 24.1 Å². The maximum absolute atomic E-state index is 13.8. The number of nitrogens with zero attached hydrogens (tertiary/aromatic N) is 1. The molecule has 1 rings (SSSR count). The second-order valence-electron chi connectivity index (χ2n) is 6.32. The molecule has 0 aliphatic rings. The Kier molecular flexibility index (Phi) is 6.26. The number of alkyl carbamates (subject to hydrolysis) is 1. The molecule has 138 valence electrons. The van der Waals surface area contributed by atoms with Crippen LogP contribution in [0, 0.1) is 22.9 Å². The van der Waals surface area contributed by atoms with Crippen LogP contribution in [0.3, 0.4) is 0 Å². The first kappa shape index (κ1) is 20.1. The van der Waals surface area contributed by atoms with E-state index in [2.05, 4.69) is 10.6 Å². The van der Waals surface area contributed by atoms with Gasteiger partial charge in [0.1, 0.15) is 17.3 Å². The number of benzene rings is 1. The first-order valence-electron chi connectivity index (χ1n) is 7.31. The molecule has 0 saturated heterocycles. The first-order chi connectivity index (χ1) is 11.4. The van der Waals surface area contributed by atoms with Crippen molar-refractivity contribution in [3.05, 3.63) is 33.6 Å². The smallest absolute Gasteiger partial charge is 0.408 e. The normalized spacial score (nSPS) is 12.2. The predicted molar refractivity (Wildman–Crippen MR) is 87.1 cm³/mol. The molecule has 1 atom stereocenters. The number of rotatable bonds is 6. The molecule has 0 fully saturated rings. The number of nitro benzene ring substituents is 1. The Balaban J connectivity index is 2.91. The van der Waals surface area contributed by atoms with Crippen molar-refractivity contribution in [2.24, 2.45) is 0 Å². The lowest BCUT2D eigenvalue weighted by Crippen LogP contribution is -2.47. The fourth-order valence-corrected chi connectivity index (χ4v) is 1.92. The number of hydrogen-bond acceptors (Lipinski definition) is 6. The van der Waals surface area contributed by atoms with E-state index in [1.165, 1.54) is 13.0 Å². The molecule has 0 aliphatic carbocycles. The van der Waals surface area contributed by atoms with E-state index in [1.54, 1.807) is 20.8 Å². The lowest BCUT2D eigenvalue weighted by molar-refractivity contribution is -0.386. The van der Waals surface area contributed by atoms with Crippen molar-refractivity contribution in [3.8, 4) is 0 Å². The lowest BCUT2D eigenvalue weighted by Gasteiger charge is -2.22. The summed E-state index contributed by atoms with van der Waals surface area (Å²) in [7, 11) is 0. The molecule has 0 heterocycles. The van der Waals surface area contributed by atoms with Crippen LogP contribution in [-0.4, -0.2) is 40.3 Å². The van der Waals surface area contributed by atoms with Gasteiger partial charge in [-0.25, -0.2) is 9.59 Å². The number of aryl methyl sites for hydroxylation is 1. The molecule has 10 heteroatoms. The van der Waals surface area contributed by atoms with Crippen molar-refractivity contribution in [1.29, 1.82) is 0 Å². The number of halogens is 1. The molecule has 0 spiro atoms. The highest BCUT2D eigenvalue weighted by molar-refractivity contribution is 5.81. The number of carbonyl (C=O) groups is 2. The van der Waals surface area contributed by atoms with Gasteiger partial charge in [0.05, 0.1) is 4.92 Å². The second-order valence-corrected chi connectivity index (χ2v) is 6.32. The fraction of sp³-hybridized carbons (Fsp3) is 0.467. The van der Waals surface area contributed by atoms with Crippen LogP contribution in [0.15, 0.2) is 12.1 Å². The van der Waals surface area contributed by atoms with E-state index >= 15 is 0 Å². The molecule has 1 aromatic carbocycles. The van der Waals surface area contributed by atoms with E-state index in [4.69, 9.17) is 9.84 Å². The van der Waals surface area contributed by atoms with Gasteiger partial charge in [0, 0.05) is 6.54 Å². The monoisotopic (exact) mass is 357 g/mol. The highest BCUT2D eigenvalue weighted by Crippen LogP contribution is 2.29. The summed E-state index contributed by atoms with van der Waals surface area (Å²) >= 11 is 0. The standard InChI is InChI=1S/C15H20FN3O6/c1-8-5-9(16)12(19(23)24)10(6-8)17-7-11(13(20)21)18-14(22)25-15(2,3)4/h5-6,11,17H,7H2,1-4H3,(H,18,22)(H,20,21)/t11-/m0/s1. The average molecular weight is 357 g/mol. The number of ether oxygens (including phenoxy) is 1. The van der Waals surface area contributed by atoms with Crippen molar-refractivity contribution >= 4 is 23.4 Å². The van der Waals surface area contributed by atoms with E-state index in [-0.39, 0.29) is 5.69 Å².